The highest BCUT2D eigenvalue weighted by molar-refractivity contribution is 6.31. The maximum Gasteiger partial charge on any atom is 0.242 e. The van der Waals surface area contributed by atoms with Crippen molar-refractivity contribution in [1.82, 2.24) is 5.32 Å². The van der Waals surface area contributed by atoms with Gasteiger partial charge in [-0.15, -0.1) is 0 Å². The molecule has 2 amide bonds. The van der Waals surface area contributed by atoms with Crippen LogP contribution in [-0.4, -0.2) is 29.7 Å². The average Bonchev–Trinajstić information content (AvgIpc) is 3.38. The number of nitrogens with one attached hydrogen (secondary N) is 3. The van der Waals surface area contributed by atoms with Gasteiger partial charge in [-0.05, 0) is 66.4 Å². The minimum atomic E-state index is -1.29. The Kier molecular flexibility index (Phi) is 6.49. The summed E-state index contributed by atoms with van der Waals surface area (Å²) in [6.07, 6.45) is 4.72. The normalized spacial score (nSPS) is 24.9. The molecule has 9 heteroatoms. The maximum absolute atomic E-state index is 15.9. The Morgan fingerprint density at radius 2 is 1.77 bits per heavy atom. The van der Waals surface area contributed by atoms with Gasteiger partial charge in [0, 0.05) is 33.4 Å². The highest BCUT2D eigenvalue weighted by Gasteiger charge is 2.72. The molecule has 2 spiro atoms. The molecule has 3 aromatic carbocycles. The Hall–Kier alpha value is -3.26. The molecule has 0 aromatic heterocycles. The number of fused-ring (bicyclic) bond motifs is 3. The van der Waals surface area contributed by atoms with Crippen LogP contribution in [0.2, 0.25) is 10.0 Å². The van der Waals surface area contributed by atoms with Crippen LogP contribution in [-0.2, 0) is 15.0 Å². The van der Waals surface area contributed by atoms with Gasteiger partial charge in [0.15, 0.2) is 0 Å². The van der Waals surface area contributed by atoms with Gasteiger partial charge < -0.3 is 10.6 Å². The van der Waals surface area contributed by atoms with Crippen molar-refractivity contribution in [3.8, 4) is 0 Å². The molecule has 3 aliphatic rings. The van der Waals surface area contributed by atoms with Gasteiger partial charge in [0.1, 0.15) is 17.5 Å². The molecular formula is C30H26Cl2FN3O3. The fourth-order valence-corrected chi connectivity index (χ4v) is 7.44. The fourth-order valence-electron chi connectivity index (χ4n) is 7.08. The van der Waals surface area contributed by atoms with E-state index in [0.29, 0.717) is 40.4 Å². The molecule has 2 fully saturated rings. The minimum absolute atomic E-state index is 0.0782. The van der Waals surface area contributed by atoms with E-state index in [1.807, 2.05) is 6.07 Å². The molecule has 6 rings (SSSR count). The van der Waals surface area contributed by atoms with Crippen LogP contribution in [0.5, 0.6) is 0 Å². The smallest absolute Gasteiger partial charge is 0.242 e. The van der Waals surface area contributed by atoms with Gasteiger partial charge in [0.25, 0.3) is 0 Å². The second-order valence-corrected chi connectivity index (χ2v) is 11.4. The van der Waals surface area contributed by atoms with Crippen molar-refractivity contribution in [1.29, 1.82) is 0 Å². The lowest BCUT2D eigenvalue weighted by molar-refractivity contribution is -0.124. The van der Waals surface area contributed by atoms with E-state index >= 15 is 4.39 Å². The molecule has 0 radical (unpaired) electrons. The van der Waals surface area contributed by atoms with Crippen LogP contribution in [0.3, 0.4) is 0 Å². The molecule has 0 bridgehead atoms. The van der Waals surface area contributed by atoms with E-state index < -0.39 is 34.6 Å². The van der Waals surface area contributed by atoms with Gasteiger partial charge in [0.05, 0.1) is 11.1 Å². The third-order valence-electron chi connectivity index (χ3n) is 8.62. The first kappa shape index (κ1) is 26.0. The molecule has 2 heterocycles. The van der Waals surface area contributed by atoms with Gasteiger partial charge in [-0.25, -0.2) is 4.39 Å². The zero-order chi connectivity index (χ0) is 27.4. The molecular weight excluding hydrogens is 540 g/mol. The van der Waals surface area contributed by atoms with E-state index in [0.717, 1.165) is 25.5 Å². The van der Waals surface area contributed by atoms with E-state index in [9.17, 15) is 14.4 Å². The van der Waals surface area contributed by atoms with Crippen molar-refractivity contribution >= 4 is 52.7 Å². The van der Waals surface area contributed by atoms with Crippen molar-refractivity contribution in [2.75, 3.05) is 10.6 Å². The molecule has 1 saturated carbocycles. The van der Waals surface area contributed by atoms with Gasteiger partial charge in [-0.3, -0.25) is 19.7 Å². The van der Waals surface area contributed by atoms with Gasteiger partial charge in [-0.2, -0.15) is 0 Å². The standard InChI is InChI=1S/C30H26Cl2FN3O3/c31-18-9-12-21-23(15-18)35-28(39)30(21)24(20-5-4-6-22(32)25(20)33)26(36-29(30)13-2-1-3-14-29)27(38)34-19-10-7-17(16-37)8-11-19/h4-12,15-16,24,26,36H,1-3,13-14H2,(H,34,38)(H,35,39). The first-order valence-electron chi connectivity index (χ1n) is 13.0. The topological polar surface area (TPSA) is 87.3 Å². The van der Waals surface area contributed by atoms with Crippen LogP contribution >= 0.6 is 23.2 Å². The first-order chi connectivity index (χ1) is 18.8. The predicted molar refractivity (Wildman–Crippen MR) is 149 cm³/mol. The van der Waals surface area contributed by atoms with Gasteiger partial charge >= 0.3 is 0 Å². The number of hydrogen-bond acceptors (Lipinski definition) is 4. The van der Waals surface area contributed by atoms with E-state index in [1.54, 1.807) is 48.5 Å². The Bertz CT molecular complexity index is 1490. The average molecular weight is 566 g/mol. The zero-order valence-electron chi connectivity index (χ0n) is 20.9. The van der Waals surface area contributed by atoms with Crippen LogP contribution in [0.4, 0.5) is 15.8 Å². The minimum Gasteiger partial charge on any atom is -0.325 e. The lowest BCUT2D eigenvalue weighted by Crippen LogP contribution is -2.60. The quantitative estimate of drug-likeness (QED) is 0.327. The van der Waals surface area contributed by atoms with Gasteiger partial charge in [-0.1, -0.05) is 60.7 Å². The summed E-state index contributed by atoms with van der Waals surface area (Å²) in [4.78, 5) is 39.4. The fraction of sp³-hybridized carbons (Fsp3) is 0.300. The molecule has 1 aliphatic carbocycles. The van der Waals surface area contributed by atoms with Crippen LogP contribution in [0.15, 0.2) is 60.7 Å². The summed E-state index contributed by atoms with van der Waals surface area (Å²) in [7, 11) is 0. The molecule has 2 aliphatic heterocycles. The summed E-state index contributed by atoms with van der Waals surface area (Å²) in [6, 6.07) is 15.5. The number of anilines is 2. The molecule has 1 saturated heterocycles. The molecule has 39 heavy (non-hydrogen) atoms. The van der Waals surface area contributed by atoms with Crippen LogP contribution in [0.25, 0.3) is 0 Å². The van der Waals surface area contributed by atoms with E-state index in [1.165, 1.54) is 6.07 Å². The summed E-state index contributed by atoms with van der Waals surface area (Å²) in [5.74, 6) is -2.26. The molecule has 3 aromatic rings. The number of rotatable bonds is 4. The van der Waals surface area contributed by atoms with Crippen molar-refractivity contribution in [2.24, 2.45) is 0 Å². The van der Waals surface area contributed by atoms with Crippen molar-refractivity contribution < 1.29 is 18.8 Å². The summed E-state index contributed by atoms with van der Waals surface area (Å²) >= 11 is 12.6. The first-order valence-corrected chi connectivity index (χ1v) is 13.8. The molecule has 3 N–H and O–H groups in total. The monoisotopic (exact) mass is 565 g/mol. The van der Waals surface area contributed by atoms with Crippen LogP contribution < -0.4 is 16.0 Å². The number of hydrogen-bond donors (Lipinski definition) is 3. The van der Waals surface area contributed by atoms with E-state index in [-0.39, 0.29) is 16.5 Å². The van der Waals surface area contributed by atoms with Crippen molar-refractivity contribution in [3.63, 3.8) is 0 Å². The number of carbonyl (C=O) groups excluding carboxylic acids is 3. The predicted octanol–water partition coefficient (Wildman–Crippen LogP) is 6.23. The molecule has 6 nitrogen and oxygen atoms in total. The Morgan fingerprint density at radius 1 is 1.03 bits per heavy atom. The van der Waals surface area contributed by atoms with Crippen LogP contribution in [0.1, 0.15) is 59.5 Å². The maximum atomic E-state index is 15.9. The summed E-state index contributed by atoms with van der Waals surface area (Å²) in [5.41, 5.74) is 0.327. The van der Waals surface area contributed by atoms with Gasteiger partial charge in [0.2, 0.25) is 11.8 Å². The third kappa shape index (κ3) is 3.90. The SMILES string of the molecule is O=Cc1ccc(NC(=O)C2NC3(CCCCC3)C3(C(=O)Nc4cc(Cl)ccc43)C2c2cccc(Cl)c2F)cc1. The lowest BCUT2D eigenvalue weighted by atomic mass is 9.55. The second kappa shape index (κ2) is 9.73. The lowest BCUT2D eigenvalue weighted by Gasteiger charge is -2.47. The molecule has 200 valence electrons. The summed E-state index contributed by atoms with van der Waals surface area (Å²) in [6.45, 7) is 0. The zero-order valence-corrected chi connectivity index (χ0v) is 22.4. The summed E-state index contributed by atoms with van der Waals surface area (Å²) < 4.78 is 15.9. The number of amides is 2. The number of aldehydes is 1. The third-order valence-corrected chi connectivity index (χ3v) is 9.15. The number of halogens is 3. The Balaban J connectivity index is 1.56. The number of benzene rings is 3. The largest absolute Gasteiger partial charge is 0.325 e. The Labute approximate surface area is 235 Å². The van der Waals surface area contributed by atoms with E-state index in [4.69, 9.17) is 23.2 Å². The number of carbonyl (C=O) groups is 3. The second-order valence-electron chi connectivity index (χ2n) is 10.6. The molecule has 3 atom stereocenters. The van der Waals surface area contributed by atoms with E-state index in [2.05, 4.69) is 16.0 Å². The Morgan fingerprint density at radius 3 is 2.49 bits per heavy atom. The highest BCUT2D eigenvalue weighted by Crippen LogP contribution is 2.62. The van der Waals surface area contributed by atoms with Crippen molar-refractivity contribution in [2.45, 2.75) is 55.0 Å². The summed E-state index contributed by atoms with van der Waals surface area (Å²) in [5, 5.41) is 9.91. The molecule has 3 unspecified atom stereocenters. The van der Waals surface area contributed by atoms with Crippen LogP contribution in [0, 0.1) is 5.82 Å². The van der Waals surface area contributed by atoms with Crippen molar-refractivity contribution in [3.05, 3.63) is 93.2 Å². The highest BCUT2D eigenvalue weighted by atomic mass is 35.5.